The van der Waals surface area contributed by atoms with Crippen LogP contribution in [-0.2, 0) is 0 Å². The second kappa shape index (κ2) is 6.62. The van der Waals surface area contributed by atoms with E-state index in [0.717, 1.165) is 16.5 Å². The van der Waals surface area contributed by atoms with Crippen molar-refractivity contribution in [2.24, 2.45) is 0 Å². The van der Waals surface area contributed by atoms with Gasteiger partial charge in [-0.2, -0.15) is 0 Å². The van der Waals surface area contributed by atoms with Gasteiger partial charge in [0.05, 0.1) is 12.8 Å². The molecule has 0 aliphatic rings. The van der Waals surface area contributed by atoms with Crippen LogP contribution in [0, 0.1) is 0 Å². The van der Waals surface area contributed by atoms with E-state index in [-0.39, 0.29) is 5.78 Å². The van der Waals surface area contributed by atoms with Crippen LogP contribution in [0.3, 0.4) is 0 Å². The highest BCUT2D eigenvalue weighted by Gasteiger charge is 2.20. The molecule has 3 aromatic carbocycles. The molecule has 1 unspecified atom stereocenters. The molecule has 0 aliphatic heterocycles. The standard InChI is InChI=1S/C20H19NO3/c1-13(24-19-10-6-5-9-17(19)21)20(22)16-11-12-18(23-2)15-8-4-3-7-14(15)16/h3-13H,21H2,1-2H3. The summed E-state index contributed by atoms with van der Waals surface area (Å²) in [5.41, 5.74) is 7.00. The van der Waals surface area contributed by atoms with E-state index in [4.69, 9.17) is 15.2 Å². The number of hydrogen-bond donors (Lipinski definition) is 1. The van der Waals surface area contributed by atoms with Gasteiger partial charge in [-0.25, -0.2) is 0 Å². The Morgan fingerprint density at radius 2 is 1.58 bits per heavy atom. The molecule has 122 valence electrons. The summed E-state index contributed by atoms with van der Waals surface area (Å²) in [7, 11) is 1.62. The normalized spacial score (nSPS) is 11.9. The fraction of sp³-hybridized carbons (Fsp3) is 0.150. The van der Waals surface area contributed by atoms with Crippen LogP contribution >= 0.6 is 0 Å². The number of Topliss-reactive ketones (excluding diaryl/α,β-unsaturated/α-hetero) is 1. The molecule has 0 amide bonds. The number of nitrogens with two attached hydrogens (primary N) is 1. The van der Waals surface area contributed by atoms with Crippen molar-refractivity contribution in [1.29, 1.82) is 0 Å². The van der Waals surface area contributed by atoms with E-state index >= 15 is 0 Å². The molecule has 1 atom stereocenters. The zero-order valence-corrected chi connectivity index (χ0v) is 13.7. The minimum atomic E-state index is -0.647. The van der Waals surface area contributed by atoms with Crippen LogP contribution in [0.25, 0.3) is 10.8 Å². The van der Waals surface area contributed by atoms with Gasteiger partial charge in [0, 0.05) is 10.9 Å². The molecule has 24 heavy (non-hydrogen) atoms. The van der Waals surface area contributed by atoms with E-state index < -0.39 is 6.10 Å². The number of ether oxygens (including phenoxy) is 2. The number of rotatable bonds is 5. The molecule has 0 spiro atoms. The van der Waals surface area contributed by atoms with Gasteiger partial charge in [0.2, 0.25) is 5.78 Å². The Bertz CT molecular complexity index is 889. The van der Waals surface area contributed by atoms with E-state index in [1.807, 2.05) is 36.4 Å². The third kappa shape index (κ3) is 2.91. The van der Waals surface area contributed by atoms with Gasteiger partial charge in [0.1, 0.15) is 11.5 Å². The van der Waals surface area contributed by atoms with Crippen molar-refractivity contribution in [1.82, 2.24) is 0 Å². The minimum Gasteiger partial charge on any atom is -0.496 e. The highest BCUT2D eigenvalue weighted by atomic mass is 16.5. The van der Waals surface area contributed by atoms with Gasteiger partial charge in [-0.05, 0) is 36.6 Å². The van der Waals surface area contributed by atoms with Crippen LogP contribution in [0.4, 0.5) is 5.69 Å². The molecule has 0 saturated carbocycles. The minimum absolute atomic E-state index is 0.0999. The maximum Gasteiger partial charge on any atom is 0.203 e. The molecular weight excluding hydrogens is 302 g/mol. The molecule has 4 nitrogen and oxygen atoms in total. The van der Waals surface area contributed by atoms with Gasteiger partial charge >= 0.3 is 0 Å². The van der Waals surface area contributed by atoms with Gasteiger partial charge in [0.15, 0.2) is 6.10 Å². The van der Waals surface area contributed by atoms with Crippen LogP contribution in [0.15, 0.2) is 60.7 Å². The molecule has 0 aliphatic carbocycles. The summed E-state index contributed by atoms with van der Waals surface area (Å²) < 4.78 is 11.1. The average molecular weight is 321 g/mol. The molecule has 3 aromatic rings. The average Bonchev–Trinajstić information content (AvgIpc) is 2.62. The lowest BCUT2D eigenvalue weighted by Gasteiger charge is -2.17. The van der Waals surface area contributed by atoms with Crippen molar-refractivity contribution in [3.8, 4) is 11.5 Å². The van der Waals surface area contributed by atoms with Gasteiger partial charge in [-0.3, -0.25) is 4.79 Å². The highest BCUT2D eigenvalue weighted by Crippen LogP contribution is 2.30. The highest BCUT2D eigenvalue weighted by molar-refractivity contribution is 6.11. The zero-order valence-electron chi connectivity index (χ0n) is 13.7. The summed E-state index contributed by atoms with van der Waals surface area (Å²) >= 11 is 0. The first-order valence-corrected chi connectivity index (χ1v) is 7.73. The molecule has 0 bridgehead atoms. The fourth-order valence-corrected chi connectivity index (χ4v) is 2.72. The molecule has 3 rings (SSSR count). The molecule has 2 N–H and O–H groups in total. The van der Waals surface area contributed by atoms with E-state index in [2.05, 4.69) is 0 Å². The number of fused-ring (bicyclic) bond motifs is 1. The predicted molar refractivity (Wildman–Crippen MR) is 95.8 cm³/mol. The summed E-state index contributed by atoms with van der Waals surface area (Å²) in [6.45, 7) is 1.73. The number of nitrogen functional groups attached to an aromatic ring is 1. The number of benzene rings is 3. The maximum atomic E-state index is 12.9. The Morgan fingerprint density at radius 1 is 0.917 bits per heavy atom. The summed E-state index contributed by atoms with van der Waals surface area (Å²) in [6, 6.07) is 18.4. The largest absolute Gasteiger partial charge is 0.496 e. The summed E-state index contributed by atoms with van der Waals surface area (Å²) in [4.78, 5) is 12.9. The zero-order chi connectivity index (χ0) is 17.1. The number of hydrogen-bond acceptors (Lipinski definition) is 4. The number of para-hydroxylation sites is 2. The van der Waals surface area contributed by atoms with Crippen LogP contribution in [0.5, 0.6) is 11.5 Å². The van der Waals surface area contributed by atoms with Gasteiger partial charge < -0.3 is 15.2 Å². The monoisotopic (exact) mass is 321 g/mol. The molecule has 4 heteroatoms. The molecule has 0 heterocycles. The third-order valence-corrected chi connectivity index (χ3v) is 3.96. The van der Waals surface area contributed by atoms with Crippen molar-refractivity contribution >= 4 is 22.2 Å². The smallest absolute Gasteiger partial charge is 0.203 e. The Labute approximate surface area is 140 Å². The summed E-state index contributed by atoms with van der Waals surface area (Å²) in [5, 5.41) is 1.75. The van der Waals surface area contributed by atoms with Crippen LogP contribution < -0.4 is 15.2 Å². The molecule has 0 fully saturated rings. The van der Waals surface area contributed by atoms with Crippen molar-refractivity contribution in [3.63, 3.8) is 0 Å². The predicted octanol–water partition coefficient (Wildman–Crippen LogP) is 4.08. The maximum absolute atomic E-state index is 12.9. The Hall–Kier alpha value is -3.01. The first-order valence-electron chi connectivity index (χ1n) is 7.73. The van der Waals surface area contributed by atoms with Gasteiger partial charge in [0.25, 0.3) is 0 Å². The Morgan fingerprint density at radius 3 is 2.29 bits per heavy atom. The summed E-state index contributed by atoms with van der Waals surface area (Å²) in [6.07, 6.45) is -0.647. The van der Waals surface area contributed by atoms with Crippen molar-refractivity contribution in [2.45, 2.75) is 13.0 Å². The molecule has 0 radical (unpaired) electrons. The van der Waals surface area contributed by atoms with Crippen molar-refractivity contribution < 1.29 is 14.3 Å². The summed E-state index contributed by atoms with van der Waals surface area (Å²) in [5.74, 6) is 1.15. The second-order valence-electron chi connectivity index (χ2n) is 5.52. The van der Waals surface area contributed by atoms with Crippen molar-refractivity contribution in [3.05, 3.63) is 66.2 Å². The first kappa shape index (κ1) is 15.9. The van der Waals surface area contributed by atoms with Gasteiger partial charge in [-0.15, -0.1) is 0 Å². The molecule has 0 saturated heterocycles. The fourth-order valence-electron chi connectivity index (χ4n) is 2.72. The lowest BCUT2D eigenvalue weighted by Crippen LogP contribution is -2.24. The van der Waals surface area contributed by atoms with Crippen LogP contribution in [-0.4, -0.2) is 19.0 Å². The van der Waals surface area contributed by atoms with E-state index in [0.29, 0.717) is 17.0 Å². The molecular formula is C20H19NO3. The first-order chi connectivity index (χ1) is 11.6. The number of ketones is 1. The second-order valence-corrected chi connectivity index (χ2v) is 5.52. The van der Waals surface area contributed by atoms with E-state index in [1.54, 1.807) is 38.3 Å². The number of carbonyl (C=O) groups is 1. The quantitative estimate of drug-likeness (QED) is 0.568. The number of methoxy groups -OCH3 is 1. The Kier molecular flexibility index (Phi) is 4.38. The Balaban J connectivity index is 1.95. The van der Waals surface area contributed by atoms with E-state index in [9.17, 15) is 4.79 Å². The number of carbonyl (C=O) groups excluding carboxylic acids is 1. The third-order valence-electron chi connectivity index (χ3n) is 3.96. The SMILES string of the molecule is COc1ccc(C(=O)C(C)Oc2ccccc2N)c2ccccc12. The van der Waals surface area contributed by atoms with Crippen LogP contribution in [0.1, 0.15) is 17.3 Å². The topological polar surface area (TPSA) is 61.5 Å². The van der Waals surface area contributed by atoms with Crippen LogP contribution in [0.2, 0.25) is 0 Å². The van der Waals surface area contributed by atoms with E-state index in [1.165, 1.54) is 0 Å². The number of anilines is 1. The lowest BCUT2D eigenvalue weighted by molar-refractivity contribution is 0.0821. The van der Waals surface area contributed by atoms with Crippen molar-refractivity contribution in [2.75, 3.05) is 12.8 Å². The lowest BCUT2D eigenvalue weighted by atomic mass is 9.98. The van der Waals surface area contributed by atoms with Gasteiger partial charge in [-0.1, -0.05) is 36.4 Å². The molecule has 0 aromatic heterocycles.